The summed E-state index contributed by atoms with van der Waals surface area (Å²) in [5.41, 5.74) is 3.35. The number of hydrogen-bond acceptors (Lipinski definition) is 5. The number of ether oxygens (including phenoxy) is 2. The lowest BCUT2D eigenvalue weighted by atomic mass is 9.81. The highest BCUT2D eigenvalue weighted by Gasteiger charge is 2.47. The average Bonchev–Trinajstić information content (AvgIpc) is 3.15. The highest BCUT2D eigenvalue weighted by molar-refractivity contribution is 6.07. The maximum absolute atomic E-state index is 13.5. The van der Waals surface area contributed by atoms with E-state index in [0.717, 1.165) is 29.7 Å². The Morgan fingerprint density at radius 1 is 1.06 bits per heavy atom. The second-order valence-corrected chi connectivity index (χ2v) is 9.92. The van der Waals surface area contributed by atoms with Crippen molar-refractivity contribution in [3.63, 3.8) is 0 Å². The van der Waals surface area contributed by atoms with Crippen molar-refractivity contribution in [3.05, 3.63) is 50.4 Å². The summed E-state index contributed by atoms with van der Waals surface area (Å²) in [5, 5.41) is 11.6. The molecular formula is C26H33N3O6. The van der Waals surface area contributed by atoms with Gasteiger partial charge in [-0.15, -0.1) is 0 Å². The number of carbonyl (C=O) groups excluding carboxylic acids is 1. The zero-order valence-corrected chi connectivity index (χ0v) is 21.1. The summed E-state index contributed by atoms with van der Waals surface area (Å²) in [6.07, 6.45) is 1.95. The summed E-state index contributed by atoms with van der Waals surface area (Å²) in [6.45, 7) is 9.23. The van der Waals surface area contributed by atoms with E-state index in [-0.39, 0.29) is 23.4 Å². The third-order valence-electron chi connectivity index (χ3n) is 7.28. The Morgan fingerprint density at radius 3 is 2.29 bits per heavy atom. The molecule has 1 atom stereocenters. The van der Waals surface area contributed by atoms with Crippen LogP contribution in [0.4, 0.5) is 10.5 Å². The number of H-pyrrole nitrogens is 1. The van der Waals surface area contributed by atoms with Crippen LogP contribution in [0, 0.1) is 33.6 Å². The van der Waals surface area contributed by atoms with Gasteiger partial charge in [0.15, 0.2) is 11.5 Å². The van der Waals surface area contributed by atoms with E-state index in [1.807, 2.05) is 33.8 Å². The van der Waals surface area contributed by atoms with Crippen molar-refractivity contribution < 1.29 is 24.2 Å². The molecule has 4 rings (SSSR count). The Labute approximate surface area is 204 Å². The van der Waals surface area contributed by atoms with Gasteiger partial charge >= 0.3 is 6.09 Å². The molecule has 2 aromatic rings. The quantitative estimate of drug-likeness (QED) is 0.599. The molecule has 1 aliphatic heterocycles. The van der Waals surface area contributed by atoms with Gasteiger partial charge in [0.25, 0.3) is 17.3 Å². The summed E-state index contributed by atoms with van der Waals surface area (Å²) in [6, 6.07) is 3.56. The molecule has 0 spiro atoms. The minimum atomic E-state index is -1.00. The predicted molar refractivity (Wildman–Crippen MR) is 132 cm³/mol. The number of benzene rings is 1. The van der Waals surface area contributed by atoms with Crippen LogP contribution < -0.4 is 25.2 Å². The Bertz CT molecular complexity index is 1240. The molecule has 9 heteroatoms. The lowest BCUT2D eigenvalue weighted by Gasteiger charge is -2.37. The van der Waals surface area contributed by atoms with Gasteiger partial charge in [0.05, 0.1) is 0 Å². The molecule has 0 bridgehead atoms. The van der Waals surface area contributed by atoms with Gasteiger partial charge in [-0.1, -0.05) is 0 Å². The van der Waals surface area contributed by atoms with E-state index in [2.05, 4.69) is 10.3 Å². The van der Waals surface area contributed by atoms with Crippen molar-refractivity contribution in [2.75, 3.05) is 11.9 Å². The molecule has 2 amide bonds. The lowest BCUT2D eigenvalue weighted by Crippen LogP contribution is -2.47. The molecule has 0 radical (unpaired) electrons. The summed E-state index contributed by atoms with van der Waals surface area (Å²) in [5.74, 6) is 0.0491. The summed E-state index contributed by atoms with van der Waals surface area (Å²) < 4.78 is 12.8. The molecule has 1 aromatic carbocycles. The third-order valence-corrected chi connectivity index (χ3v) is 7.28. The molecule has 3 N–H and O–H groups in total. The van der Waals surface area contributed by atoms with E-state index < -0.39 is 11.9 Å². The topological polar surface area (TPSA) is 121 Å². The predicted octanol–water partition coefficient (Wildman–Crippen LogP) is 4.20. The third kappa shape index (κ3) is 4.47. The molecule has 1 aliphatic carbocycles. The molecule has 0 unspecified atom stereocenters. The van der Waals surface area contributed by atoms with Crippen LogP contribution in [0.5, 0.6) is 11.5 Å². The van der Waals surface area contributed by atoms with Crippen LogP contribution in [-0.4, -0.2) is 41.0 Å². The SMILES string of the molecule is Cc1cc(C)c(N(C)C(=O)c2cc(C)c3c(c2C)O[C@@](C)([C@H]2CC[C@H](NC(=O)O)CC2)O3)c(=O)[nH]1. The number of rotatable bonds is 4. The van der Waals surface area contributed by atoms with E-state index in [1.54, 1.807) is 20.0 Å². The van der Waals surface area contributed by atoms with Gasteiger partial charge in [0, 0.05) is 42.8 Å². The molecular weight excluding hydrogens is 450 g/mol. The lowest BCUT2D eigenvalue weighted by molar-refractivity contribution is -0.121. The van der Waals surface area contributed by atoms with Crippen molar-refractivity contribution in [3.8, 4) is 11.5 Å². The van der Waals surface area contributed by atoms with Crippen LogP contribution in [-0.2, 0) is 0 Å². The number of fused-ring (bicyclic) bond motifs is 1. The molecule has 2 heterocycles. The zero-order valence-electron chi connectivity index (χ0n) is 21.1. The highest BCUT2D eigenvalue weighted by Crippen LogP contribution is 2.50. The van der Waals surface area contributed by atoms with E-state index in [9.17, 15) is 14.4 Å². The van der Waals surface area contributed by atoms with Gasteiger partial charge in [-0.2, -0.15) is 0 Å². The van der Waals surface area contributed by atoms with Gasteiger partial charge in [-0.3, -0.25) is 9.59 Å². The summed E-state index contributed by atoms with van der Waals surface area (Å²) >= 11 is 0. The minimum absolute atomic E-state index is 0.0623. The molecule has 188 valence electrons. The zero-order chi connectivity index (χ0) is 25.7. The maximum atomic E-state index is 13.5. The second kappa shape index (κ2) is 8.94. The number of pyridine rings is 1. The average molecular weight is 484 g/mol. The van der Waals surface area contributed by atoms with E-state index in [1.165, 1.54) is 4.90 Å². The molecule has 35 heavy (non-hydrogen) atoms. The molecule has 0 saturated heterocycles. The first-order valence-corrected chi connectivity index (χ1v) is 11.9. The molecule has 1 aromatic heterocycles. The number of nitrogens with zero attached hydrogens (tertiary/aromatic N) is 1. The number of carboxylic acid groups (broad SMARTS) is 1. The molecule has 1 fully saturated rings. The fourth-order valence-electron chi connectivity index (χ4n) is 5.41. The Morgan fingerprint density at radius 2 is 1.69 bits per heavy atom. The Kier molecular flexibility index (Phi) is 6.29. The van der Waals surface area contributed by atoms with Crippen LogP contribution in [0.15, 0.2) is 16.9 Å². The first-order valence-electron chi connectivity index (χ1n) is 11.9. The number of nitrogens with one attached hydrogen (secondary N) is 2. The van der Waals surface area contributed by atoms with Gasteiger partial charge < -0.3 is 29.8 Å². The Balaban J connectivity index is 1.59. The maximum Gasteiger partial charge on any atom is 0.404 e. The van der Waals surface area contributed by atoms with Crippen LogP contribution in [0.25, 0.3) is 0 Å². The largest absolute Gasteiger partial charge is 0.465 e. The van der Waals surface area contributed by atoms with Gasteiger partial charge in [-0.05, 0) is 76.6 Å². The first kappa shape index (κ1) is 24.6. The van der Waals surface area contributed by atoms with Gasteiger partial charge in [-0.25, -0.2) is 4.79 Å². The number of amides is 2. The van der Waals surface area contributed by atoms with Crippen molar-refractivity contribution in [1.29, 1.82) is 0 Å². The molecule has 1 saturated carbocycles. The van der Waals surface area contributed by atoms with Crippen LogP contribution >= 0.6 is 0 Å². The number of hydrogen-bond donors (Lipinski definition) is 3. The molecule has 2 aliphatic rings. The van der Waals surface area contributed by atoms with E-state index in [0.29, 0.717) is 41.2 Å². The number of anilines is 1. The number of carbonyl (C=O) groups is 2. The Hall–Kier alpha value is -3.49. The van der Waals surface area contributed by atoms with E-state index >= 15 is 0 Å². The van der Waals surface area contributed by atoms with Gasteiger partial charge in [0.1, 0.15) is 5.69 Å². The van der Waals surface area contributed by atoms with Crippen molar-refractivity contribution >= 4 is 17.7 Å². The summed E-state index contributed by atoms with van der Waals surface area (Å²) in [4.78, 5) is 41.2. The minimum Gasteiger partial charge on any atom is -0.465 e. The van der Waals surface area contributed by atoms with Gasteiger partial charge in [0.2, 0.25) is 0 Å². The van der Waals surface area contributed by atoms with E-state index in [4.69, 9.17) is 14.6 Å². The summed E-state index contributed by atoms with van der Waals surface area (Å²) in [7, 11) is 1.60. The van der Waals surface area contributed by atoms with Crippen LogP contribution in [0.1, 0.15) is 65.3 Å². The number of aromatic amines is 1. The first-order chi connectivity index (χ1) is 16.4. The smallest absolute Gasteiger partial charge is 0.404 e. The molecule has 9 nitrogen and oxygen atoms in total. The standard InChI is InChI=1S/C26H33N3O6/c1-13-11-15(3)27-23(30)20(13)29(6)24(31)19-12-14(2)21-22(16(19)4)35-26(5,34-21)17-7-9-18(10-8-17)28-25(32)33/h11-12,17-18,28H,7-10H2,1-6H3,(H,27,30)(H,32,33)/t17-,18-,26-/m0/s1. The number of aryl methyl sites for hydroxylation is 3. The van der Waals surface area contributed by atoms with Crippen molar-refractivity contribution in [2.45, 2.75) is 72.1 Å². The second-order valence-electron chi connectivity index (χ2n) is 9.92. The normalized spacial score (nSPS) is 23.1. The van der Waals surface area contributed by atoms with Crippen molar-refractivity contribution in [2.24, 2.45) is 5.92 Å². The van der Waals surface area contributed by atoms with Crippen LogP contribution in [0.2, 0.25) is 0 Å². The monoisotopic (exact) mass is 483 g/mol. The number of aromatic nitrogens is 1. The van der Waals surface area contributed by atoms with Crippen molar-refractivity contribution in [1.82, 2.24) is 10.3 Å². The van der Waals surface area contributed by atoms with Crippen LogP contribution in [0.3, 0.4) is 0 Å². The highest BCUT2D eigenvalue weighted by atomic mass is 16.7. The fourth-order valence-corrected chi connectivity index (χ4v) is 5.41. The fraction of sp³-hybridized carbons (Fsp3) is 0.500.